The highest BCUT2D eigenvalue weighted by molar-refractivity contribution is 6.04. The molecule has 0 bridgehead atoms. The normalized spacial score (nSPS) is 14.8. The third-order valence-corrected chi connectivity index (χ3v) is 6.32. The number of pyridine rings is 1. The maximum absolute atomic E-state index is 12.9. The Hall–Kier alpha value is -4.71. The van der Waals surface area contributed by atoms with Gasteiger partial charge in [-0.05, 0) is 49.4 Å². The molecule has 1 saturated heterocycles. The third-order valence-electron chi connectivity index (χ3n) is 6.32. The molecule has 1 aliphatic heterocycles. The van der Waals surface area contributed by atoms with Crippen molar-refractivity contribution in [3.05, 3.63) is 72.4 Å². The summed E-state index contributed by atoms with van der Waals surface area (Å²) in [4.78, 5) is 40.7. The number of anilines is 2. The number of rotatable bonds is 5. The molecule has 37 heavy (non-hydrogen) atoms. The van der Waals surface area contributed by atoms with Crippen LogP contribution in [0.3, 0.4) is 0 Å². The number of unbranched alkanes of at least 4 members (excludes halogenated alkanes) is 1. The highest BCUT2D eigenvalue weighted by Gasteiger charge is 2.33. The van der Waals surface area contributed by atoms with E-state index in [2.05, 4.69) is 27.1 Å². The maximum Gasteiger partial charge on any atom is 0.299 e. The van der Waals surface area contributed by atoms with Crippen molar-refractivity contribution in [1.29, 1.82) is 0 Å². The number of nitrogen functional groups attached to an aromatic ring is 1. The van der Waals surface area contributed by atoms with Gasteiger partial charge in [0.25, 0.3) is 11.8 Å². The summed E-state index contributed by atoms with van der Waals surface area (Å²) < 4.78 is 1.91. The second-order valence-corrected chi connectivity index (χ2v) is 8.80. The number of amides is 2. The number of hydrogen-bond acceptors (Lipinski definition) is 6. The van der Waals surface area contributed by atoms with E-state index in [1.165, 1.54) is 0 Å². The van der Waals surface area contributed by atoms with Crippen molar-refractivity contribution in [2.45, 2.75) is 38.6 Å². The van der Waals surface area contributed by atoms with Crippen LogP contribution >= 0.6 is 0 Å². The Balaban J connectivity index is 1.48. The van der Waals surface area contributed by atoms with Gasteiger partial charge in [-0.3, -0.25) is 14.0 Å². The van der Waals surface area contributed by atoms with Crippen molar-refractivity contribution >= 4 is 29.0 Å². The summed E-state index contributed by atoms with van der Waals surface area (Å²) in [5.74, 6) is 6.84. The molecular formula is C28H27N7O2. The quantitative estimate of drug-likeness (QED) is 0.404. The van der Waals surface area contributed by atoms with E-state index >= 15 is 0 Å². The van der Waals surface area contributed by atoms with Crippen LogP contribution in [0.15, 0.2) is 61.1 Å². The molecule has 0 saturated carbocycles. The van der Waals surface area contributed by atoms with E-state index in [1.54, 1.807) is 41.6 Å². The summed E-state index contributed by atoms with van der Waals surface area (Å²) in [6.07, 6.45) is 8.33. The molecule has 4 aromatic rings. The van der Waals surface area contributed by atoms with Crippen molar-refractivity contribution in [2.24, 2.45) is 0 Å². The van der Waals surface area contributed by atoms with E-state index in [9.17, 15) is 9.59 Å². The number of benzene rings is 1. The Morgan fingerprint density at radius 1 is 1.14 bits per heavy atom. The first-order valence-electron chi connectivity index (χ1n) is 12.3. The first kappa shape index (κ1) is 24.0. The SMILES string of the molecule is CCCC#CC(=O)N1CCC[C@H]1c1nc(-c2ccc(C(=O)Nc3ccccn3)cc2)c2c(N)nccn12. The van der Waals surface area contributed by atoms with Gasteiger partial charge in [0, 0.05) is 42.7 Å². The van der Waals surface area contributed by atoms with Crippen LogP contribution in [0.5, 0.6) is 0 Å². The summed E-state index contributed by atoms with van der Waals surface area (Å²) in [6.45, 7) is 2.67. The topological polar surface area (TPSA) is 119 Å². The monoisotopic (exact) mass is 493 g/mol. The van der Waals surface area contributed by atoms with Crippen LogP contribution in [0, 0.1) is 11.8 Å². The van der Waals surface area contributed by atoms with Gasteiger partial charge in [-0.25, -0.2) is 15.0 Å². The van der Waals surface area contributed by atoms with E-state index in [4.69, 9.17) is 10.7 Å². The Bertz CT molecular complexity index is 1500. The lowest BCUT2D eigenvalue weighted by atomic mass is 10.1. The molecule has 186 valence electrons. The number of nitrogens with one attached hydrogen (secondary N) is 1. The summed E-state index contributed by atoms with van der Waals surface area (Å²) in [5, 5.41) is 2.78. The fraction of sp³-hybridized carbons (Fsp3) is 0.250. The molecule has 0 unspecified atom stereocenters. The molecule has 0 aliphatic carbocycles. The average molecular weight is 494 g/mol. The largest absolute Gasteiger partial charge is 0.382 e. The van der Waals surface area contributed by atoms with Gasteiger partial charge < -0.3 is 16.0 Å². The lowest BCUT2D eigenvalue weighted by molar-refractivity contribution is -0.126. The summed E-state index contributed by atoms with van der Waals surface area (Å²) >= 11 is 0. The highest BCUT2D eigenvalue weighted by Crippen LogP contribution is 2.36. The molecule has 0 spiro atoms. The first-order chi connectivity index (χ1) is 18.1. The van der Waals surface area contributed by atoms with E-state index in [0.717, 1.165) is 30.7 Å². The maximum atomic E-state index is 12.9. The van der Waals surface area contributed by atoms with Crippen molar-refractivity contribution in [1.82, 2.24) is 24.3 Å². The predicted molar refractivity (Wildman–Crippen MR) is 141 cm³/mol. The molecule has 9 heteroatoms. The van der Waals surface area contributed by atoms with Crippen LogP contribution in [0.25, 0.3) is 16.8 Å². The van der Waals surface area contributed by atoms with Crippen LogP contribution < -0.4 is 11.1 Å². The smallest absolute Gasteiger partial charge is 0.299 e. The molecule has 2 amide bonds. The standard InChI is InChI=1S/C28H27N7O2/c1-2-3-4-10-23(36)34-17-7-8-21(34)27-33-24(25-26(29)31-16-18-35(25)27)19-11-13-20(14-12-19)28(37)32-22-9-5-6-15-30-22/h5-6,9,11-16,18,21H,2-3,7-8,17H2,1H3,(H2,29,31)(H,30,32,37)/t21-/m0/s1. The molecule has 4 heterocycles. The fourth-order valence-corrected chi connectivity index (χ4v) is 4.54. The number of carbonyl (C=O) groups excluding carboxylic acids is 2. The second kappa shape index (κ2) is 10.5. The minimum Gasteiger partial charge on any atom is -0.382 e. The van der Waals surface area contributed by atoms with Crippen LogP contribution in [0.4, 0.5) is 11.6 Å². The fourth-order valence-electron chi connectivity index (χ4n) is 4.54. The van der Waals surface area contributed by atoms with E-state index in [0.29, 0.717) is 41.4 Å². The van der Waals surface area contributed by atoms with Gasteiger partial charge in [-0.1, -0.05) is 31.0 Å². The number of likely N-dealkylation sites (tertiary alicyclic amines) is 1. The van der Waals surface area contributed by atoms with Gasteiger partial charge in [0.2, 0.25) is 0 Å². The summed E-state index contributed by atoms with van der Waals surface area (Å²) in [6, 6.07) is 12.2. The lowest BCUT2D eigenvalue weighted by Gasteiger charge is -2.21. The molecule has 3 N–H and O–H groups in total. The Labute approximate surface area is 214 Å². The van der Waals surface area contributed by atoms with Crippen LogP contribution in [0.2, 0.25) is 0 Å². The lowest BCUT2D eigenvalue weighted by Crippen LogP contribution is -2.30. The molecule has 1 fully saturated rings. The number of fused-ring (bicyclic) bond motifs is 1. The molecule has 5 rings (SSSR count). The number of nitrogens with two attached hydrogens (primary N) is 1. The highest BCUT2D eigenvalue weighted by atomic mass is 16.2. The molecule has 1 atom stereocenters. The molecule has 1 aliphatic rings. The molecule has 0 radical (unpaired) electrons. The van der Waals surface area contributed by atoms with Crippen molar-refractivity contribution in [2.75, 3.05) is 17.6 Å². The van der Waals surface area contributed by atoms with E-state index < -0.39 is 0 Å². The number of carbonyl (C=O) groups is 2. The Morgan fingerprint density at radius 3 is 2.73 bits per heavy atom. The Morgan fingerprint density at radius 2 is 1.97 bits per heavy atom. The summed E-state index contributed by atoms with van der Waals surface area (Å²) in [5.41, 5.74) is 8.89. The van der Waals surface area contributed by atoms with Gasteiger partial charge in [0.15, 0.2) is 0 Å². The van der Waals surface area contributed by atoms with Crippen LogP contribution in [-0.4, -0.2) is 42.6 Å². The average Bonchev–Trinajstić information content (AvgIpc) is 3.55. The van der Waals surface area contributed by atoms with Gasteiger partial charge in [-0.15, -0.1) is 0 Å². The van der Waals surface area contributed by atoms with Gasteiger partial charge in [0.05, 0.1) is 6.04 Å². The molecule has 9 nitrogen and oxygen atoms in total. The minimum atomic E-state index is -0.258. The zero-order valence-electron chi connectivity index (χ0n) is 20.5. The van der Waals surface area contributed by atoms with Gasteiger partial charge in [-0.2, -0.15) is 0 Å². The van der Waals surface area contributed by atoms with Crippen LogP contribution in [0.1, 0.15) is 54.8 Å². The molecule has 1 aromatic carbocycles. The zero-order valence-corrected chi connectivity index (χ0v) is 20.5. The van der Waals surface area contributed by atoms with Crippen molar-refractivity contribution in [3.8, 4) is 23.1 Å². The summed E-state index contributed by atoms with van der Waals surface area (Å²) in [7, 11) is 0. The zero-order chi connectivity index (χ0) is 25.8. The first-order valence-corrected chi connectivity index (χ1v) is 12.3. The number of aromatic nitrogens is 4. The van der Waals surface area contributed by atoms with E-state index in [1.807, 2.05) is 35.7 Å². The van der Waals surface area contributed by atoms with Crippen LogP contribution in [-0.2, 0) is 4.79 Å². The minimum absolute atomic E-state index is 0.181. The molecular weight excluding hydrogens is 466 g/mol. The van der Waals surface area contributed by atoms with Crippen molar-refractivity contribution in [3.63, 3.8) is 0 Å². The number of hydrogen-bond donors (Lipinski definition) is 2. The van der Waals surface area contributed by atoms with Crippen molar-refractivity contribution < 1.29 is 9.59 Å². The van der Waals surface area contributed by atoms with Gasteiger partial charge in [0.1, 0.15) is 28.7 Å². The third kappa shape index (κ3) is 4.86. The predicted octanol–water partition coefficient (Wildman–Crippen LogP) is 4.09. The van der Waals surface area contributed by atoms with E-state index in [-0.39, 0.29) is 17.9 Å². The number of nitrogens with zero attached hydrogens (tertiary/aromatic N) is 5. The van der Waals surface area contributed by atoms with Gasteiger partial charge >= 0.3 is 0 Å². The Kier molecular flexibility index (Phi) is 6.81. The second-order valence-electron chi connectivity index (χ2n) is 8.80. The number of imidazole rings is 1. The molecule has 3 aromatic heterocycles.